The van der Waals surface area contributed by atoms with Crippen molar-refractivity contribution in [3.63, 3.8) is 0 Å². The molecule has 0 aromatic heterocycles. The lowest BCUT2D eigenvalue weighted by atomic mass is 10.1. The first-order valence-electron chi connectivity index (χ1n) is 15.0. The van der Waals surface area contributed by atoms with Crippen molar-refractivity contribution < 1.29 is 29.9 Å². The lowest BCUT2D eigenvalue weighted by Crippen LogP contribution is -2.44. The van der Waals surface area contributed by atoms with Gasteiger partial charge in [-0.25, -0.2) is 0 Å². The molecule has 3 aromatic carbocycles. The number of phenols is 1. The van der Waals surface area contributed by atoms with Crippen LogP contribution >= 0.6 is 0 Å². The number of piperazine rings is 1. The Morgan fingerprint density at radius 2 is 1.40 bits per heavy atom. The van der Waals surface area contributed by atoms with Crippen LogP contribution in [0.3, 0.4) is 0 Å². The number of phenolic OH excluding ortho intramolecular Hbond substituents is 1. The van der Waals surface area contributed by atoms with E-state index in [-0.39, 0.29) is 5.75 Å². The van der Waals surface area contributed by atoms with Crippen molar-refractivity contribution in [2.45, 2.75) is 66.9 Å². The molecule has 43 heavy (non-hydrogen) atoms. The third kappa shape index (κ3) is 20.7. The average molecular weight is 599 g/mol. The van der Waals surface area contributed by atoms with Gasteiger partial charge in [0.15, 0.2) is 0 Å². The molecule has 0 amide bonds. The van der Waals surface area contributed by atoms with E-state index in [1.807, 2.05) is 50.2 Å². The van der Waals surface area contributed by atoms with Crippen molar-refractivity contribution in [2.24, 2.45) is 0 Å². The first kappa shape index (κ1) is 41.4. The number of para-hydroxylation sites is 2. The van der Waals surface area contributed by atoms with Crippen LogP contribution in [0.1, 0.15) is 65.0 Å². The Morgan fingerprint density at radius 3 is 1.95 bits per heavy atom. The number of aldehydes is 2. The molecule has 3 N–H and O–H groups in total. The Balaban J connectivity index is 0. The number of ether oxygens (including phenoxy) is 1. The largest absolute Gasteiger partial charge is 0.508 e. The summed E-state index contributed by atoms with van der Waals surface area (Å²) in [6.07, 6.45) is 5.25. The SMILES string of the molecule is CC.CC=O.CCC.CN1CCN(c2ccccc2)CC1.O=CCCCc1cccc(OCc2ccccc2O)c1.OO. The third-order valence-electron chi connectivity index (χ3n) is 5.70. The van der Waals surface area contributed by atoms with Crippen molar-refractivity contribution in [1.29, 1.82) is 0 Å². The molecule has 0 spiro atoms. The zero-order valence-electron chi connectivity index (χ0n) is 27.0. The summed E-state index contributed by atoms with van der Waals surface area (Å²) in [7, 11) is 2.18. The Kier molecular flexibility index (Phi) is 28.7. The zero-order chi connectivity index (χ0) is 32.7. The quantitative estimate of drug-likeness (QED) is 0.105. The molecule has 1 saturated heterocycles. The number of hydrogen-bond acceptors (Lipinski definition) is 8. The normalized spacial score (nSPS) is 11.5. The van der Waals surface area contributed by atoms with Gasteiger partial charge in [0.05, 0.1) is 0 Å². The Hall–Kier alpha value is -3.72. The zero-order valence-corrected chi connectivity index (χ0v) is 27.0. The van der Waals surface area contributed by atoms with Gasteiger partial charge in [0, 0.05) is 43.9 Å². The molecule has 0 saturated carbocycles. The third-order valence-corrected chi connectivity index (χ3v) is 5.70. The van der Waals surface area contributed by atoms with E-state index in [9.17, 15) is 9.90 Å². The van der Waals surface area contributed by atoms with E-state index in [2.05, 4.69) is 61.0 Å². The number of aryl methyl sites for hydroxylation is 1. The van der Waals surface area contributed by atoms with Crippen LogP contribution < -0.4 is 9.64 Å². The summed E-state index contributed by atoms with van der Waals surface area (Å²) in [4.78, 5) is 23.9. The van der Waals surface area contributed by atoms with Crippen LogP contribution in [-0.4, -0.2) is 66.3 Å². The molecular formula is C35H54N2O6. The van der Waals surface area contributed by atoms with Crippen LogP contribution in [0.5, 0.6) is 11.5 Å². The van der Waals surface area contributed by atoms with Crippen molar-refractivity contribution in [3.8, 4) is 11.5 Å². The lowest BCUT2D eigenvalue weighted by molar-refractivity contribution is -0.176. The number of aromatic hydroxyl groups is 1. The van der Waals surface area contributed by atoms with Crippen molar-refractivity contribution in [1.82, 2.24) is 4.90 Å². The van der Waals surface area contributed by atoms with Crippen molar-refractivity contribution >= 4 is 18.3 Å². The van der Waals surface area contributed by atoms with Crippen LogP contribution in [-0.2, 0) is 22.6 Å². The predicted octanol–water partition coefficient (Wildman–Crippen LogP) is 7.60. The molecule has 0 bridgehead atoms. The summed E-state index contributed by atoms with van der Waals surface area (Å²) in [5.74, 6) is 1.02. The molecule has 0 radical (unpaired) electrons. The second-order valence-corrected chi connectivity index (χ2v) is 9.19. The Labute approximate surface area is 259 Å². The van der Waals surface area contributed by atoms with Crippen LogP contribution in [0.25, 0.3) is 0 Å². The van der Waals surface area contributed by atoms with E-state index in [0.29, 0.717) is 13.0 Å². The van der Waals surface area contributed by atoms with E-state index in [1.54, 1.807) is 12.1 Å². The maximum atomic E-state index is 10.3. The van der Waals surface area contributed by atoms with Crippen LogP contribution in [0.2, 0.25) is 0 Å². The van der Waals surface area contributed by atoms with E-state index < -0.39 is 0 Å². The van der Waals surface area contributed by atoms with Gasteiger partial charge in [-0.3, -0.25) is 10.5 Å². The van der Waals surface area contributed by atoms with Crippen molar-refractivity contribution in [2.75, 3.05) is 38.1 Å². The fourth-order valence-corrected chi connectivity index (χ4v) is 3.68. The first-order chi connectivity index (χ1) is 21.0. The molecule has 3 aromatic rings. The monoisotopic (exact) mass is 598 g/mol. The maximum absolute atomic E-state index is 10.3. The molecule has 8 heteroatoms. The summed E-state index contributed by atoms with van der Waals surface area (Å²) in [6.45, 7) is 14.7. The summed E-state index contributed by atoms with van der Waals surface area (Å²) >= 11 is 0. The molecule has 0 atom stereocenters. The van der Waals surface area contributed by atoms with E-state index in [4.69, 9.17) is 20.0 Å². The maximum Gasteiger partial charge on any atom is 0.122 e. The number of carbonyl (C=O) groups is 2. The van der Waals surface area contributed by atoms with Gasteiger partial charge in [-0.15, -0.1) is 0 Å². The number of hydrogen-bond donors (Lipinski definition) is 3. The molecule has 0 unspecified atom stereocenters. The van der Waals surface area contributed by atoms with E-state index >= 15 is 0 Å². The number of nitrogens with zero attached hydrogens (tertiary/aromatic N) is 2. The molecule has 1 fully saturated rings. The number of carbonyl (C=O) groups excluding carboxylic acids is 2. The average Bonchev–Trinajstić information content (AvgIpc) is 3.05. The van der Waals surface area contributed by atoms with Gasteiger partial charge >= 0.3 is 0 Å². The molecule has 1 aliphatic heterocycles. The predicted molar refractivity (Wildman–Crippen MR) is 178 cm³/mol. The van der Waals surface area contributed by atoms with Crippen LogP contribution in [0, 0.1) is 0 Å². The Morgan fingerprint density at radius 1 is 0.837 bits per heavy atom. The number of anilines is 1. The van der Waals surface area contributed by atoms with Gasteiger partial charge in [-0.2, -0.15) is 0 Å². The Bertz CT molecular complexity index is 1040. The summed E-state index contributed by atoms with van der Waals surface area (Å²) in [5.41, 5.74) is 3.27. The lowest BCUT2D eigenvalue weighted by Gasteiger charge is -2.33. The van der Waals surface area contributed by atoms with Crippen LogP contribution in [0.4, 0.5) is 5.69 Å². The molecule has 8 nitrogen and oxygen atoms in total. The smallest absolute Gasteiger partial charge is 0.122 e. The molecular weight excluding hydrogens is 544 g/mol. The minimum atomic E-state index is 0.245. The highest BCUT2D eigenvalue weighted by atomic mass is 17.0. The minimum Gasteiger partial charge on any atom is -0.508 e. The summed E-state index contributed by atoms with van der Waals surface area (Å²) in [6, 6.07) is 25.6. The van der Waals surface area contributed by atoms with Gasteiger partial charge in [0.2, 0.25) is 0 Å². The summed E-state index contributed by atoms with van der Waals surface area (Å²) < 4.78 is 5.69. The second kappa shape index (κ2) is 29.8. The molecule has 1 aliphatic rings. The van der Waals surface area contributed by atoms with Gasteiger partial charge in [0.25, 0.3) is 0 Å². The summed E-state index contributed by atoms with van der Waals surface area (Å²) in [5, 5.41) is 21.7. The highest BCUT2D eigenvalue weighted by Crippen LogP contribution is 2.20. The topological polar surface area (TPSA) is 111 Å². The van der Waals surface area contributed by atoms with Crippen molar-refractivity contribution in [3.05, 3.63) is 90.0 Å². The highest BCUT2D eigenvalue weighted by Gasteiger charge is 2.13. The molecule has 1 heterocycles. The fraction of sp³-hybridized carbons (Fsp3) is 0.429. The minimum absolute atomic E-state index is 0.245. The number of benzene rings is 3. The van der Waals surface area contributed by atoms with Crippen LogP contribution in [0.15, 0.2) is 78.9 Å². The van der Waals surface area contributed by atoms with Gasteiger partial charge in [0.1, 0.15) is 30.7 Å². The van der Waals surface area contributed by atoms with E-state index in [0.717, 1.165) is 55.4 Å². The number of likely N-dealkylation sites (N-methyl/N-ethyl adjacent to an activating group) is 1. The highest BCUT2D eigenvalue weighted by molar-refractivity contribution is 5.49. The fourth-order valence-electron chi connectivity index (χ4n) is 3.68. The standard InChI is InChI=1S/C17H18O3.C11H16N2.C3H8.C2H4O.C2H6.H2O2/c18-11-4-3-6-14-7-5-9-16(12-14)20-13-15-8-1-2-10-17(15)19;1-12-7-9-13(10-8-12)11-5-3-2-4-6-11;1-3-2;1-2-3;2*1-2/h1-2,5,7-12,19H,3-4,6,13H2;2-6H,7-10H2,1H3;3H2,1-2H3;2H,1H3;1-2H3;1-2H. The van der Waals surface area contributed by atoms with E-state index in [1.165, 1.54) is 32.1 Å². The second-order valence-electron chi connectivity index (χ2n) is 9.19. The molecule has 0 aliphatic carbocycles. The van der Waals surface area contributed by atoms with Gasteiger partial charge in [-0.05, 0) is 62.7 Å². The first-order valence-corrected chi connectivity index (χ1v) is 15.0. The van der Waals surface area contributed by atoms with Gasteiger partial charge < -0.3 is 29.2 Å². The number of rotatable bonds is 8. The molecule has 4 rings (SSSR count). The van der Waals surface area contributed by atoms with Gasteiger partial charge in [-0.1, -0.05) is 82.6 Å². The molecule has 240 valence electrons. The number of unbranched alkanes of at least 4 members (excludes halogenated alkanes) is 1.